The minimum absolute atomic E-state index is 0.245. The molecule has 5 nitrogen and oxygen atoms in total. The van der Waals surface area contributed by atoms with Gasteiger partial charge in [-0.2, -0.15) is 0 Å². The van der Waals surface area contributed by atoms with Crippen molar-refractivity contribution in [3.05, 3.63) is 17.5 Å². The number of aromatic nitrogens is 2. The summed E-state index contributed by atoms with van der Waals surface area (Å²) >= 11 is 5.75. The molecule has 0 unspecified atom stereocenters. The summed E-state index contributed by atoms with van der Waals surface area (Å²) in [5, 5.41) is 3.19. The van der Waals surface area contributed by atoms with Gasteiger partial charge in [-0.25, -0.2) is 9.97 Å². The first kappa shape index (κ1) is 11.7. The van der Waals surface area contributed by atoms with E-state index < -0.39 is 0 Å². The Hall–Kier alpha value is -1.36. The van der Waals surface area contributed by atoms with E-state index in [0.717, 1.165) is 0 Å². The summed E-state index contributed by atoms with van der Waals surface area (Å²) in [4.78, 5) is 18.8. The molecular weight excluding hydrogens is 218 g/mol. The van der Waals surface area contributed by atoms with Gasteiger partial charge in [-0.3, -0.25) is 4.79 Å². The third kappa shape index (κ3) is 4.12. The summed E-state index contributed by atoms with van der Waals surface area (Å²) in [5.41, 5.74) is 0. The largest absolute Gasteiger partial charge is 0.466 e. The zero-order chi connectivity index (χ0) is 11.1. The molecule has 82 valence electrons. The van der Waals surface area contributed by atoms with Crippen molar-refractivity contribution in [2.75, 3.05) is 18.5 Å². The molecular formula is C9H12ClN3O2. The van der Waals surface area contributed by atoms with E-state index in [0.29, 0.717) is 24.1 Å². The molecule has 0 aliphatic rings. The van der Waals surface area contributed by atoms with E-state index >= 15 is 0 Å². The molecule has 0 aliphatic carbocycles. The predicted molar refractivity (Wildman–Crippen MR) is 56.8 cm³/mol. The Morgan fingerprint density at radius 1 is 1.53 bits per heavy atom. The van der Waals surface area contributed by atoms with Gasteiger partial charge < -0.3 is 10.1 Å². The molecule has 0 radical (unpaired) electrons. The Morgan fingerprint density at radius 2 is 2.27 bits per heavy atom. The van der Waals surface area contributed by atoms with Crippen LogP contribution in [0.25, 0.3) is 0 Å². The minimum atomic E-state index is -0.245. The second kappa shape index (κ2) is 6.19. The standard InChI is InChI=1S/C9H12ClN3O2/c1-2-15-7(14)3-4-12-9-8(10)11-5-6-13-9/h5-6H,2-4H2,1H3,(H,12,13). The average Bonchev–Trinajstić information content (AvgIpc) is 2.21. The molecule has 6 heteroatoms. The summed E-state index contributed by atoms with van der Waals surface area (Å²) in [6.07, 6.45) is 3.30. The third-order valence-electron chi connectivity index (χ3n) is 1.58. The number of carbonyl (C=O) groups is 1. The number of rotatable bonds is 5. The van der Waals surface area contributed by atoms with Crippen molar-refractivity contribution in [1.82, 2.24) is 9.97 Å². The maximum atomic E-state index is 11.0. The number of carbonyl (C=O) groups excluding carboxylic acids is 1. The molecule has 0 saturated heterocycles. The van der Waals surface area contributed by atoms with Crippen molar-refractivity contribution < 1.29 is 9.53 Å². The quantitative estimate of drug-likeness (QED) is 0.776. The molecule has 1 aromatic rings. The van der Waals surface area contributed by atoms with Crippen LogP contribution in [0.5, 0.6) is 0 Å². The Labute approximate surface area is 92.8 Å². The van der Waals surface area contributed by atoms with Crippen molar-refractivity contribution in [3.8, 4) is 0 Å². The van der Waals surface area contributed by atoms with Crippen molar-refractivity contribution >= 4 is 23.4 Å². The second-order valence-corrected chi connectivity index (χ2v) is 3.04. The van der Waals surface area contributed by atoms with Crippen LogP contribution in [0.3, 0.4) is 0 Å². The van der Waals surface area contributed by atoms with Gasteiger partial charge in [0.05, 0.1) is 13.0 Å². The van der Waals surface area contributed by atoms with Crippen molar-refractivity contribution in [2.45, 2.75) is 13.3 Å². The number of hydrogen-bond acceptors (Lipinski definition) is 5. The Bertz CT molecular complexity index is 333. The number of halogens is 1. The average molecular weight is 230 g/mol. The van der Waals surface area contributed by atoms with E-state index in [1.165, 1.54) is 12.4 Å². The highest BCUT2D eigenvalue weighted by molar-refractivity contribution is 6.31. The lowest BCUT2D eigenvalue weighted by molar-refractivity contribution is -0.142. The summed E-state index contributed by atoms with van der Waals surface area (Å²) in [5.74, 6) is 0.230. The lowest BCUT2D eigenvalue weighted by Crippen LogP contribution is -2.12. The molecule has 0 fully saturated rings. The molecule has 0 amide bonds. The number of nitrogens with zero attached hydrogens (tertiary/aromatic N) is 2. The van der Waals surface area contributed by atoms with E-state index in [4.69, 9.17) is 16.3 Å². The Morgan fingerprint density at radius 3 is 2.93 bits per heavy atom. The zero-order valence-corrected chi connectivity index (χ0v) is 9.12. The number of anilines is 1. The number of ether oxygens (including phenoxy) is 1. The molecule has 1 rings (SSSR count). The summed E-state index contributed by atoms with van der Waals surface area (Å²) in [6.45, 7) is 2.59. The summed E-state index contributed by atoms with van der Waals surface area (Å²) in [6, 6.07) is 0. The maximum Gasteiger partial charge on any atom is 0.307 e. The van der Waals surface area contributed by atoms with Gasteiger partial charge in [-0.1, -0.05) is 11.6 Å². The van der Waals surface area contributed by atoms with Crippen LogP contribution < -0.4 is 5.32 Å². The van der Waals surface area contributed by atoms with Crippen LogP contribution in [0, 0.1) is 0 Å². The van der Waals surface area contributed by atoms with E-state index in [9.17, 15) is 4.79 Å². The summed E-state index contributed by atoms with van der Waals surface area (Å²) < 4.78 is 4.76. The summed E-state index contributed by atoms with van der Waals surface area (Å²) in [7, 11) is 0. The second-order valence-electron chi connectivity index (χ2n) is 2.68. The fraction of sp³-hybridized carbons (Fsp3) is 0.444. The SMILES string of the molecule is CCOC(=O)CCNc1nccnc1Cl. The van der Waals surface area contributed by atoms with E-state index in [1.54, 1.807) is 6.92 Å². The van der Waals surface area contributed by atoms with Gasteiger partial charge in [0, 0.05) is 18.9 Å². The molecule has 0 spiro atoms. The molecule has 0 saturated carbocycles. The van der Waals surface area contributed by atoms with Gasteiger partial charge in [-0.15, -0.1) is 0 Å². The van der Waals surface area contributed by atoms with Crippen LogP contribution in [0.2, 0.25) is 5.15 Å². The number of hydrogen-bond donors (Lipinski definition) is 1. The highest BCUT2D eigenvalue weighted by Gasteiger charge is 2.03. The van der Waals surface area contributed by atoms with Gasteiger partial charge in [0.1, 0.15) is 0 Å². The molecule has 0 aliphatic heterocycles. The van der Waals surface area contributed by atoms with Crippen LogP contribution in [-0.4, -0.2) is 29.1 Å². The monoisotopic (exact) mass is 229 g/mol. The third-order valence-corrected chi connectivity index (χ3v) is 1.86. The van der Waals surface area contributed by atoms with Crippen LogP contribution in [0.1, 0.15) is 13.3 Å². The number of nitrogens with one attached hydrogen (secondary N) is 1. The van der Waals surface area contributed by atoms with Gasteiger partial charge in [0.15, 0.2) is 11.0 Å². The van der Waals surface area contributed by atoms with Crippen LogP contribution in [0.15, 0.2) is 12.4 Å². The van der Waals surface area contributed by atoms with Gasteiger partial charge in [-0.05, 0) is 6.92 Å². The van der Waals surface area contributed by atoms with Crippen molar-refractivity contribution in [3.63, 3.8) is 0 Å². The first-order chi connectivity index (χ1) is 7.24. The smallest absolute Gasteiger partial charge is 0.307 e. The first-order valence-electron chi connectivity index (χ1n) is 4.60. The molecule has 15 heavy (non-hydrogen) atoms. The molecule has 0 bridgehead atoms. The Kier molecular flexibility index (Phi) is 4.83. The first-order valence-corrected chi connectivity index (χ1v) is 4.98. The normalized spacial score (nSPS) is 9.73. The molecule has 1 heterocycles. The fourth-order valence-corrected chi connectivity index (χ4v) is 1.13. The number of esters is 1. The van der Waals surface area contributed by atoms with Gasteiger partial charge >= 0.3 is 5.97 Å². The van der Waals surface area contributed by atoms with Crippen molar-refractivity contribution in [2.24, 2.45) is 0 Å². The highest BCUT2D eigenvalue weighted by Crippen LogP contribution is 2.13. The fourth-order valence-electron chi connectivity index (χ4n) is 0.956. The molecule has 1 N–H and O–H groups in total. The minimum Gasteiger partial charge on any atom is -0.466 e. The zero-order valence-electron chi connectivity index (χ0n) is 8.36. The molecule has 1 aromatic heterocycles. The van der Waals surface area contributed by atoms with Crippen LogP contribution in [0.4, 0.5) is 5.82 Å². The van der Waals surface area contributed by atoms with E-state index in [1.807, 2.05) is 0 Å². The van der Waals surface area contributed by atoms with Crippen molar-refractivity contribution in [1.29, 1.82) is 0 Å². The maximum absolute atomic E-state index is 11.0. The lowest BCUT2D eigenvalue weighted by Gasteiger charge is -2.05. The molecule has 0 atom stereocenters. The Balaban J connectivity index is 2.32. The van der Waals surface area contributed by atoms with Crippen LogP contribution >= 0.6 is 11.6 Å². The topological polar surface area (TPSA) is 64.1 Å². The van der Waals surface area contributed by atoms with E-state index in [2.05, 4.69) is 15.3 Å². The van der Waals surface area contributed by atoms with Gasteiger partial charge in [0.25, 0.3) is 0 Å². The predicted octanol–water partition coefficient (Wildman–Crippen LogP) is 1.50. The lowest BCUT2D eigenvalue weighted by atomic mass is 10.4. The molecule has 0 aromatic carbocycles. The van der Waals surface area contributed by atoms with Gasteiger partial charge in [0.2, 0.25) is 0 Å². The van der Waals surface area contributed by atoms with Crippen LogP contribution in [-0.2, 0) is 9.53 Å². The van der Waals surface area contributed by atoms with E-state index in [-0.39, 0.29) is 12.4 Å². The highest BCUT2D eigenvalue weighted by atomic mass is 35.5.